The lowest BCUT2D eigenvalue weighted by Crippen LogP contribution is -2.25. The van der Waals surface area contributed by atoms with Crippen LogP contribution in [0.2, 0.25) is 0 Å². The molecule has 1 unspecified atom stereocenters. The molecule has 0 N–H and O–H groups in total. The van der Waals surface area contributed by atoms with Crippen molar-refractivity contribution in [1.82, 2.24) is 0 Å². The first kappa shape index (κ1) is 16.9. The van der Waals surface area contributed by atoms with E-state index < -0.39 is 24.3 Å². The van der Waals surface area contributed by atoms with Crippen molar-refractivity contribution in [3.63, 3.8) is 0 Å². The van der Waals surface area contributed by atoms with Gasteiger partial charge in [0.2, 0.25) is 5.78 Å². The number of Topliss-reactive ketones (excluding diaryl/α,β-unsaturated/α-hetero) is 1. The molecule has 0 radical (unpaired) electrons. The Morgan fingerprint density at radius 1 is 0.920 bits per heavy atom. The van der Waals surface area contributed by atoms with E-state index >= 15 is 0 Å². The van der Waals surface area contributed by atoms with E-state index in [4.69, 9.17) is 14.2 Å². The maximum atomic E-state index is 12.0. The van der Waals surface area contributed by atoms with Gasteiger partial charge in [-0.2, -0.15) is 0 Å². The zero-order chi connectivity index (χ0) is 17.6. The van der Waals surface area contributed by atoms with Crippen LogP contribution < -0.4 is 0 Å². The molecule has 1 heterocycles. The number of rotatable bonds is 5. The van der Waals surface area contributed by atoms with Gasteiger partial charge in [0.05, 0.1) is 11.1 Å². The number of ether oxygens (including phenoxy) is 3. The summed E-state index contributed by atoms with van der Waals surface area (Å²) < 4.78 is 15.6. The Bertz CT molecular complexity index is 756. The van der Waals surface area contributed by atoms with Gasteiger partial charge in [-0.15, -0.1) is 0 Å². The molecule has 0 bridgehead atoms. The van der Waals surface area contributed by atoms with Crippen molar-refractivity contribution in [2.45, 2.75) is 18.8 Å². The molecule has 2 aromatic rings. The van der Waals surface area contributed by atoms with Crippen molar-refractivity contribution in [2.75, 3.05) is 6.61 Å². The van der Waals surface area contributed by atoms with Gasteiger partial charge in [0.25, 0.3) is 6.29 Å². The first-order valence-electron chi connectivity index (χ1n) is 7.80. The van der Waals surface area contributed by atoms with Gasteiger partial charge in [0, 0.05) is 6.42 Å². The second-order valence-corrected chi connectivity index (χ2v) is 5.50. The highest BCUT2D eigenvalue weighted by atomic mass is 16.7. The summed E-state index contributed by atoms with van der Waals surface area (Å²) in [5.74, 6) is -1.49. The fourth-order valence-corrected chi connectivity index (χ4v) is 2.38. The minimum absolute atomic E-state index is 0.0226. The fraction of sp³-hybridized carbons (Fsp3) is 0.211. The number of benzene rings is 2. The van der Waals surface area contributed by atoms with E-state index in [2.05, 4.69) is 0 Å². The van der Waals surface area contributed by atoms with Gasteiger partial charge >= 0.3 is 11.9 Å². The van der Waals surface area contributed by atoms with E-state index in [0.29, 0.717) is 11.1 Å². The standard InChI is InChI=1S/C19H16O6/c20-16-11-15(12-23-17(21)13-7-3-1-4-8-13)24-19(16)25-18(22)14-9-5-2-6-10-14/h1-10,15,19H,11-12H2/t15?,19-/m1/s1. The molecule has 0 saturated carbocycles. The molecule has 25 heavy (non-hydrogen) atoms. The molecule has 3 rings (SSSR count). The van der Waals surface area contributed by atoms with Crippen LogP contribution in [0.15, 0.2) is 60.7 Å². The Labute approximate surface area is 144 Å². The van der Waals surface area contributed by atoms with Crippen LogP contribution in [0.25, 0.3) is 0 Å². The van der Waals surface area contributed by atoms with Crippen LogP contribution in [0.1, 0.15) is 27.1 Å². The van der Waals surface area contributed by atoms with Crippen LogP contribution in [-0.4, -0.2) is 36.7 Å². The number of carbonyl (C=O) groups excluding carboxylic acids is 3. The van der Waals surface area contributed by atoms with Crippen LogP contribution in [0.3, 0.4) is 0 Å². The molecule has 1 fully saturated rings. The molecule has 1 aliphatic heterocycles. The van der Waals surface area contributed by atoms with Gasteiger partial charge in [0.15, 0.2) is 0 Å². The molecule has 1 aliphatic rings. The van der Waals surface area contributed by atoms with Crippen LogP contribution in [0.5, 0.6) is 0 Å². The van der Waals surface area contributed by atoms with Crippen LogP contribution in [-0.2, 0) is 19.0 Å². The van der Waals surface area contributed by atoms with E-state index in [0.717, 1.165) is 0 Å². The van der Waals surface area contributed by atoms with Crippen LogP contribution in [0.4, 0.5) is 0 Å². The molecular formula is C19H16O6. The van der Waals surface area contributed by atoms with E-state index in [-0.39, 0.29) is 18.8 Å². The minimum atomic E-state index is -1.27. The van der Waals surface area contributed by atoms with Crippen molar-refractivity contribution in [2.24, 2.45) is 0 Å². The lowest BCUT2D eigenvalue weighted by Gasteiger charge is -2.13. The van der Waals surface area contributed by atoms with Crippen molar-refractivity contribution in [1.29, 1.82) is 0 Å². The number of hydrogen-bond acceptors (Lipinski definition) is 6. The third-order valence-electron chi connectivity index (χ3n) is 3.64. The molecule has 6 nitrogen and oxygen atoms in total. The zero-order valence-corrected chi connectivity index (χ0v) is 13.3. The Hall–Kier alpha value is -2.99. The van der Waals surface area contributed by atoms with Gasteiger partial charge in [-0.1, -0.05) is 36.4 Å². The Morgan fingerprint density at radius 2 is 1.48 bits per heavy atom. The second kappa shape index (κ2) is 7.72. The predicted octanol–water partition coefficient (Wildman–Crippen LogP) is 2.38. The topological polar surface area (TPSA) is 78.9 Å². The van der Waals surface area contributed by atoms with Gasteiger partial charge in [-0.25, -0.2) is 9.59 Å². The molecule has 6 heteroatoms. The van der Waals surface area contributed by atoms with Gasteiger partial charge in [-0.05, 0) is 24.3 Å². The van der Waals surface area contributed by atoms with E-state index in [1.165, 1.54) is 0 Å². The maximum Gasteiger partial charge on any atom is 0.340 e. The number of hydrogen-bond donors (Lipinski definition) is 0. The molecule has 128 valence electrons. The lowest BCUT2D eigenvalue weighted by molar-refractivity contribution is -0.147. The monoisotopic (exact) mass is 340 g/mol. The minimum Gasteiger partial charge on any atom is -0.459 e. The van der Waals surface area contributed by atoms with Crippen molar-refractivity contribution in [3.8, 4) is 0 Å². The SMILES string of the molecule is O=C(OCC1CC(=O)[C@@H](OC(=O)c2ccccc2)O1)c1ccccc1. The van der Waals surface area contributed by atoms with Crippen LogP contribution in [0, 0.1) is 0 Å². The van der Waals surface area contributed by atoms with Crippen molar-refractivity contribution in [3.05, 3.63) is 71.8 Å². The molecule has 0 spiro atoms. The maximum absolute atomic E-state index is 12.0. The Kier molecular flexibility index (Phi) is 5.20. The number of ketones is 1. The molecule has 1 saturated heterocycles. The summed E-state index contributed by atoms with van der Waals surface area (Å²) in [7, 11) is 0. The largest absolute Gasteiger partial charge is 0.459 e. The van der Waals surface area contributed by atoms with Gasteiger partial charge in [0.1, 0.15) is 12.7 Å². The molecular weight excluding hydrogens is 324 g/mol. The Morgan fingerprint density at radius 3 is 2.08 bits per heavy atom. The van der Waals surface area contributed by atoms with Gasteiger partial charge < -0.3 is 14.2 Å². The van der Waals surface area contributed by atoms with Crippen molar-refractivity contribution < 1.29 is 28.6 Å². The van der Waals surface area contributed by atoms with Crippen molar-refractivity contribution >= 4 is 17.7 Å². The lowest BCUT2D eigenvalue weighted by atomic mass is 10.2. The van der Waals surface area contributed by atoms with E-state index in [1.807, 2.05) is 0 Å². The highest BCUT2D eigenvalue weighted by Gasteiger charge is 2.37. The Balaban J connectivity index is 1.51. The third-order valence-corrected chi connectivity index (χ3v) is 3.64. The van der Waals surface area contributed by atoms with Gasteiger partial charge in [-0.3, -0.25) is 4.79 Å². The summed E-state index contributed by atoms with van der Waals surface area (Å²) in [6, 6.07) is 16.8. The highest BCUT2D eigenvalue weighted by molar-refractivity contribution is 5.93. The third kappa shape index (κ3) is 4.30. The quantitative estimate of drug-likeness (QED) is 0.778. The highest BCUT2D eigenvalue weighted by Crippen LogP contribution is 2.19. The molecule has 0 amide bonds. The summed E-state index contributed by atoms with van der Waals surface area (Å²) in [5, 5.41) is 0. The first-order valence-corrected chi connectivity index (χ1v) is 7.80. The smallest absolute Gasteiger partial charge is 0.340 e. The predicted molar refractivity (Wildman–Crippen MR) is 86.9 cm³/mol. The summed E-state index contributed by atoms with van der Waals surface area (Å²) in [6.07, 6.45) is -1.88. The molecule has 0 aliphatic carbocycles. The van der Waals surface area contributed by atoms with E-state index in [1.54, 1.807) is 60.7 Å². The molecule has 2 atom stereocenters. The normalized spacial score (nSPS) is 19.4. The zero-order valence-electron chi connectivity index (χ0n) is 13.3. The average molecular weight is 340 g/mol. The van der Waals surface area contributed by atoms with Crippen LogP contribution >= 0.6 is 0 Å². The summed E-state index contributed by atoms with van der Waals surface area (Å²) in [4.78, 5) is 35.8. The summed E-state index contributed by atoms with van der Waals surface area (Å²) in [5.41, 5.74) is 0.747. The summed E-state index contributed by atoms with van der Waals surface area (Å²) in [6.45, 7) is -0.0845. The number of esters is 2. The molecule has 2 aromatic carbocycles. The van der Waals surface area contributed by atoms with E-state index in [9.17, 15) is 14.4 Å². The number of carbonyl (C=O) groups is 3. The molecule has 0 aromatic heterocycles. The second-order valence-electron chi connectivity index (χ2n) is 5.50. The fourth-order valence-electron chi connectivity index (χ4n) is 2.38. The first-order chi connectivity index (χ1) is 12.1. The average Bonchev–Trinajstić information content (AvgIpc) is 3.00. The summed E-state index contributed by atoms with van der Waals surface area (Å²) >= 11 is 0.